The summed E-state index contributed by atoms with van der Waals surface area (Å²) < 4.78 is 21.3. The summed E-state index contributed by atoms with van der Waals surface area (Å²) >= 11 is 0. The lowest BCUT2D eigenvalue weighted by molar-refractivity contribution is -0.478. The van der Waals surface area contributed by atoms with E-state index in [4.69, 9.17) is 18.9 Å². The van der Waals surface area contributed by atoms with E-state index in [0.717, 1.165) is 0 Å². The Hall–Kier alpha value is -0.650. The fraction of sp³-hybridized carbons (Fsp3) is 0.900. The number of ether oxygens (including phenoxy) is 4. The molecule has 0 aromatic rings. The molecular formula is C10H16O5. The van der Waals surface area contributed by atoms with E-state index >= 15 is 0 Å². The molecule has 15 heavy (non-hydrogen) atoms. The van der Waals surface area contributed by atoms with Crippen molar-refractivity contribution in [2.24, 2.45) is 11.3 Å². The predicted octanol–water partition coefficient (Wildman–Crippen LogP) is 0.533. The summed E-state index contributed by atoms with van der Waals surface area (Å²) in [6.07, 6.45) is 0. The van der Waals surface area contributed by atoms with Crippen molar-refractivity contribution in [3.63, 3.8) is 0 Å². The van der Waals surface area contributed by atoms with Crippen molar-refractivity contribution < 1.29 is 23.7 Å². The van der Waals surface area contributed by atoms with Crippen molar-refractivity contribution >= 4 is 5.97 Å². The van der Waals surface area contributed by atoms with Gasteiger partial charge in [0.15, 0.2) is 0 Å². The molecule has 0 saturated carbocycles. The Bertz CT molecular complexity index is 251. The van der Waals surface area contributed by atoms with E-state index in [9.17, 15) is 4.79 Å². The molecule has 0 unspecified atom stereocenters. The molecule has 0 aliphatic carbocycles. The molecular weight excluding hydrogens is 200 g/mol. The Labute approximate surface area is 88.6 Å². The molecule has 5 heteroatoms. The first-order valence-electron chi connectivity index (χ1n) is 5.02. The molecule has 0 aromatic carbocycles. The first-order valence-corrected chi connectivity index (χ1v) is 5.02. The maximum Gasteiger partial charge on any atom is 0.319 e. The highest BCUT2D eigenvalue weighted by Crippen LogP contribution is 2.43. The Morgan fingerprint density at radius 2 is 1.73 bits per heavy atom. The molecule has 0 spiro atoms. The Balaban J connectivity index is 2.23. The molecule has 2 bridgehead atoms. The fourth-order valence-corrected chi connectivity index (χ4v) is 1.87. The van der Waals surface area contributed by atoms with Crippen LogP contribution in [0.5, 0.6) is 0 Å². The van der Waals surface area contributed by atoms with Crippen molar-refractivity contribution in [2.45, 2.75) is 19.8 Å². The lowest BCUT2D eigenvalue weighted by Gasteiger charge is -2.50. The maximum absolute atomic E-state index is 11.7. The predicted molar refractivity (Wildman–Crippen MR) is 49.9 cm³/mol. The molecule has 3 fully saturated rings. The van der Waals surface area contributed by atoms with E-state index in [0.29, 0.717) is 19.8 Å². The van der Waals surface area contributed by atoms with Gasteiger partial charge in [0.05, 0.1) is 26.9 Å². The van der Waals surface area contributed by atoms with Crippen LogP contribution < -0.4 is 0 Å². The second-order valence-corrected chi connectivity index (χ2v) is 4.47. The summed E-state index contributed by atoms with van der Waals surface area (Å²) in [5, 5.41) is 0. The summed E-state index contributed by atoms with van der Waals surface area (Å²) in [5.41, 5.74) is -0.965. The lowest BCUT2D eigenvalue weighted by atomic mass is 9.88. The van der Waals surface area contributed by atoms with E-state index in [1.807, 2.05) is 0 Å². The minimum absolute atomic E-state index is 0.278. The van der Waals surface area contributed by atoms with Crippen LogP contribution in [0.1, 0.15) is 13.8 Å². The van der Waals surface area contributed by atoms with Crippen molar-refractivity contribution in [3.8, 4) is 0 Å². The van der Waals surface area contributed by atoms with Crippen LogP contribution >= 0.6 is 0 Å². The van der Waals surface area contributed by atoms with E-state index in [2.05, 4.69) is 0 Å². The molecule has 86 valence electrons. The lowest BCUT2D eigenvalue weighted by Crippen LogP contribution is -2.63. The largest absolute Gasteiger partial charge is 0.468 e. The van der Waals surface area contributed by atoms with Crippen LogP contribution in [-0.4, -0.2) is 38.9 Å². The summed E-state index contributed by atoms with van der Waals surface area (Å²) in [6, 6.07) is 0. The van der Waals surface area contributed by atoms with Gasteiger partial charge < -0.3 is 18.9 Å². The summed E-state index contributed by atoms with van der Waals surface area (Å²) in [4.78, 5) is 11.7. The number of hydrogen-bond donors (Lipinski definition) is 0. The van der Waals surface area contributed by atoms with Crippen LogP contribution in [0.15, 0.2) is 0 Å². The van der Waals surface area contributed by atoms with Crippen LogP contribution in [0, 0.1) is 11.3 Å². The smallest absolute Gasteiger partial charge is 0.319 e. The number of carbonyl (C=O) groups is 1. The molecule has 3 rings (SSSR count). The number of hydrogen-bond acceptors (Lipinski definition) is 5. The van der Waals surface area contributed by atoms with Gasteiger partial charge in [-0.1, -0.05) is 0 Å². The number of rotatable bonds is 2. The minimum Gasteiger partial charge on any atom is -0.468 e. The van der Waals surface area contributed by atoms with Gasteiger partial charge in [-0.05, 0) is 13.8 Å². The van der Waals surface area contributed by atoms with Gasteiger partial charge in [-0.25, -0.2) is 0 Å². The highest BCUT2D eigenvalue weighted by Gasteiger charge is 2.60. The number of fused-ring (bicyclic) bond motifs is 3. The second-order valence-electron chi connectivity index (χ2n) is 4.47. The van der Waals surface area contributed by atoms with Gasteiger partial charge >= 0.3 is 5.97 Å². The summed E-state index contributed by atoms with van der Waals surface area (Å²) in [6.45, 7) is 5.11. The van der Waals surface area contributed by atoms with E-state index < -0.39 is 17.4 Å². The van der Waals surface area contributed by atoms with Crippen LogP contribution in [0.25, 0.3) is 0 Å². The molecule has 3 aliphatic heterocycles. The molecule has 0 radical (unpaired) electrons. The van der Waals surface area contributed by atoms with Gasteiger partial charge in [-0.3, -0.25) is 4.79 Å². The van der Waals surface area contributed by atoms with Crippen LogP contribution in [0.2, 0.25) is 0 Å². The molecule has 5 nitrogen and oxygen atoms in total. The van der Waals surface area contributed by atoms with Crippen LogP contribution in [-0.2, 0) is 23.7 Å². The first-order chi connectivity index (χ1) is 7.02. The van der Waals surface area contributed by atoms with Crippen molar-refractivity contribution in [1.29, 1.82) is 0 Å². The maximum atomic E-state index is 11.7. The van der Waals surface area contributed by atoms with Gasteiger partial charge in [0, 0.05) is 5.92 Å². The van der Waals surface area contributed by atoms with Crippen molar-refractivity contribution in [3.05, 3.63) is 0 Å². The molecule has 0 aromatic heterocycles. The second kappa shape index (κ2) is 3.43. The van der Waals surface area contributed by atoms with Gasteiger partial charge in [-0.15, -0.1) is 0 Å². The van der Waals surface area contributed by atoms with Gasteiger partial charge in [0.25, 0.3) is 5.97 Å². The quantitative estimate of drug-likeness (QED) is 0.630. The molecule has 0 N–H and O–H groups in total. The Morgan fingerprint density at radius 1 is 1.27 bits per heavy atom. The average Bonchev–Trinajstić information content (AvgIpc) is 2.30. The first kappa shape index (κ1) is 10.9. The Kier molecular flexibility index (Phi) is 2.48. The fourth-order valence-electron chi connectivity index (χ4n) is 1.87. The summed E-state index contributed by atoms with van der Waals surface area (Å²) in [5.74, 6) is -1.39. The minimum atomic E-state index is -1.27. The van der Waals surface area contributed by atoms with Gasteiger partial charge in [-0.2, -0.15) is 0 Å². The highest BCUT2D eigenvalue weighted by molar-refractivity contribution is 5.76. The highest BCUT2D eigenvalue weighted by atomic mass is 16.9. The normalized spacial score (nSPS) is 35.3. The van der Waals surface area contributed by atoms with Crippen molar-refractivity contribution in [1.82, 2.24) is 0 Å². The number of methoxy groups -OCH3 is 1. The third-order valence-electron chi connectivity index (χ3n) is 2.99. The SMILES string of the molecule is COC(=O)C(C)(C)C12OCC(CO1)CO2. The number of esters is 1. The molecule has 0 amide bonds. The third kappa shape index (κ3) is 1.46. The summed E-state index contributed by atoms with van der Waals surface area (Å²) in [7, 11) is 1.34. The van der Waals surface area contributed by atoms with Crippen LogP contribution in [0.4, 0.5) is 0 Å². The van der Waals surface area contributed by atoms with Gasteiger partial charge in [0.1, 0.15) is 5.41 Å². The topological polar surface area (TPSA) is 54.0 Å². The standard InChI is InChI=1S/C10H16O5/c1-9(2,8(11)12-3)10-13-4-7(5-14-10)6-15-10/h7H,4-6H2,1-3H3. The zero-order valence-electron chi connectivity index (χ0n) is 9.24. The molecule has 3 heterocycles. The molecule has 0 atom stereocenters. The molecule has 3 saturated heterocycles. The van der Waals surface area contributed by atoms with Gasteiger partial charge in [0.2, 0.25) is 0 Å². The zero-order chi connectivity index (χ0) is 11.1. The Morgan fingerprint density at radius 3 is 2.13 bits per heavy atom. The average molecular weight is 216 g/mol. The third-order valence-corrected chi connectivity index (χ3v) is 2.99. The van der Waals surface area contributed by atoms with E-state index in [1.165, 1.54) is 7.11 Å². The number of carbonyl (C=O) groups excluding carboxylic acids is 1. The molecule has 3 aliphatic rings. The van der Waals surface area contributed by atoms with E-state index in [-0.39, 0.29) is 5.92 Å². The monoisotopic (exact) mass is 216 g/mol. The van der Waals surface area contributed by atoms with E-state index in [1.54, 1.807) is 13.8 Å². The zero-order valence-corrected chi connectivity index (χ0v) is 9.24. The van der Waals surface area contributed by atoms with Crippen molar-refractivity contribution in [2.75, 3.05) is 26.9 Å². The van der Waals surface area contributed by atoms with Crippen LogP contribution in [0.3, 0.4) is 0 Å².